The van der Waals surface area contributed by atoms with E-state index < -0.39 is 0 Å². The SMILES string of the molecule is CC(C)OC(=O)N1C[C@H]2CCC(N)C[C@H]2C1. The van der Waals surface area contributed by atoms with Crippen molar-refractivity contribution in [1.29, 1.82) is 0 Å². The molecule has 2 fully saturated rings. The van der Waals surface area contributed by atoms with Gasteiger partial charge in [-0.1, -0.05) is 0 Å². The van der Waals surface area contributed by atoms with E-state index in [1.807, 2.05) is 18.7 Å². The van der Waals surface area contributed by atoms with Gasteiger partial charge in [-0.3, -0.25) is 0 Å². The number of hydrogen-bond donors (Lipinski definition) is 1. The van der Waals surface area contributed by atoms with Crippen molar-refractivity contribution in [1.82, 2.24) is 4.90 Å². The first-order valence-corrected chi connectivity index (χ1v) is 6.27. The summed E-state index contributed by atoms with van der Waals surface area (Å²) in [6.45, 7) is 5.47. The van der Waals surface area contributed by atoms with Crippen LogP contribution in [0.2, 0.25) is 0 Å². The van der Waals surface area contributed by atoms with Crippen LogP contribution >= 0.6 is 0 Å². The molecule has 4 nitrogen and oxygen atoms in total. The first kappa shape index (κ1) is 11.7. The highest BCUT2D eigenvalue weighted by Gasteiger charge is 2.39. The highest BCUT2D eigenvalue weighted by atomic mass is 16.6. The lowest BCUT2D eigenvalue weighted by Gasteiger charge is -2.27. The molecule has 0 aromatic rings. The number of carbonyl (C=O) groups is 1. The van der Waals surface area contributed by atoms with Gasteiger partial charge in [0, 0.05) is 19.1 Å². The summed E-state index contributed by atoms with van der Waals surface area (Å²) in [6.07, 6.45) is 3.15. The van der Waals surface area contributed by atoms with Gasteiger partial charge in [0.05, 0.1) is 6.10 Å². The van der Waals surface area contributed by atoms with Gasteiger partial charge in [0.15, 0.2) is 0 Å². The summed E-state index contributed by atoms with van der Waals surface area (Å²) < 4.78 is 5.22. The number of carbonyl (C=O) groups excluding carboxylic acids is 1. The molecule has 1 aliphatic heterocycles. The van der Waals surface area contributed by atoms with Crippen molar-refractivity contribution in [3.8, 4) is 0 Å². The summed E-state index contributed by atoms with van der Waals surface area (Å²) in [5, 5.41) is 0. The number of likely N-dealkylation sites (tertiary alicyclic amines) is 1. The highest BCUT2D eigenvalue weighted by molar-refractivity contribution is 5.68. The van der Waals surface area contributed by atoms with Gasteiger partial charge in [0.25, 0.3) is 0 Å². The molecular weight excluding hydrogens is 204 g/mol. The van der Waals surface area contributed by atoms with Crippen LogP contribution in [0.3, 0.4) is 0 Å². The van der Waals surface area contributed by atoms with Gasteiger partial charge >= 0.3 is 6.09 Å². The Kier molecular flexibility index (Phi) is 3.38. The third-order valence-electron chi connectivity index (χ3n) is 3.68. The van der Waals surface area contributed by atoms with Gasteiger partial charge in [0.1, 0.15) is 0 Å². The second-order valence-electron chi connectivity index (χ2n) is 5.43. The van der Waals surface area contributed by atoms with Crippen molar-refractivity contribution >= 4 is 6.09 Å². The summed E-state index contributed by atoms with van der Waals surface area (Å²) in [4.78, 5) is 13.6. The van der Waals surface area contributed by atoms with Crippen molar-refractivity contribution in [3.05, 3.63) is 0 Å². The second-order valence-corrected chi connectivity index (χ2v) is 5.43. The standard InChI is InChI=1S/C12H22N2O2/c1-8(2)16-12(15)14-6-9-3-4-11(13)5-10(9)7-14/h8-11H,3-7,13H2,1-2H3/t9-,10+,11?/m1/s1. The van der Waals surface area contributed by atoms with Crippen LogP contribution in [0, 0.1) is 11.8 Å². The van der Waals surface area contributed by atoms with E-state index in [4.69, 9.17) is 10.5 Å². The van der Waals surface area contributed by atoms with Crippen LogP contribution in [0.15, 0.2) is 0 Å². The largest absolute Gasteiger partial charge is 0.447 e. The number of fused-ring (bicyclic) bond motifs is 1. The van der Waals surface area contributed by atoms with Crippen LogP contribution in [0.4, 0.5) is 4.79 Å². The maximum absolute atomic E-state index is 11.8. The molecule has 1 saturated heterocycles. The molecule has 2 rings (SSSR count). The Balaban J connectivity index is 1.89. The average Bonchev–Trinajstić information content (AvgIpc) is 2.59. The van der Waals surface area contributed by atoms with E-state index in [-0.39, 0.29) is 12.2 Å². The maximum Gasteiger partial charge on any atom is 0.410 e. The molecular formula is C12H22N2O2. The Labute approximate surface area is 97.1 Å². The maximum atomic E-state index is 11.8. The minimum Gasteiger partial charge on any atom is -0.447 e. The van der Waals surface area contributed by atoms with E-state index in [0.717, 1.165) is 32.4 Å². The third-order valence-corrected chi connectivity index (χ3v) is 3.68. The molecule has 0 aromatic heterocycles. The van der Waals surface area contributed by atoms with Crippen molar-refractivity contribution < 1.29 is 9.53 Å². The van der Waals surface area contributed by atoms with E-state index in [2.05, 4.69) is 0 Å². The smallest absolute Gasteiger partial charge is 0.410 e. The number of rotatable bonds is 1. The minimum absolute atomic E-state index is 0.0302. The van der Waals surface area contributed by atoms with Crippen LogP contribution in [-0.2, 0) is 4.74 Å². The number of nitrogens with zero attached hydrogens (tertiary/aromatic N) is 1. The molecule has 1 amide bonds. The monoisotopic (exact) mass is 226 g/mol. The van der Waals surface area contributed by atoms with Crippen molar-refractivity contribution in [2.75, 3.05) is 13.1 Å². The lowest BCUT2D eigenvalue weighted by atomic mass is 9.79. The average molecular weight is 226 g/mol. The summed E-state index contributed by atoms with van der Waals surface area (Å²) >= 11 is 0. The fourth-order valence-corrected chi connectivity index (χ4v) is 2.89. The highest BCUT2D eigenvalue weighted by Crippen LogP contribution is 2.35. The molecule has 0 radical (unpaired) electrons. The van der Waals surface area contributed by atoms with E-state index in [1.54, 1.807) is 0 Å². The molecule has 0 bridgehead atoms. The Morgan fingerprint density at radius 3 is 2.69 bits per heavy atom. The Bertz CT molecular complexity index is 268. The van der Waals surface area contributed by atoms with E-state index in [0.29, 0.717) is 17.9 Å². The zero-order valence-electron chi connectivity index (χ0n) is 10.2. The van der Waals surface area contributed by atoms with Crippen LogP contribution in [-0.4, -0.2) is 36.2 Å². The van der Waals surface area contributed by atoms with Crippen LogP contribution in [0.25, 0.3) is 0 Å². The zero-order chi connectivity index (χ0) is 11.7. The van der Waals surface area contributed by atoms with Crippen molar-refractivity contribution in [3.63, 3.8) is 0 Å². The molecule has 0 spiro atoms. The molecule has 0 aromatic carbocycles. The number of amides is 1. The Morgan fingerprint density at radius 1 is 1.31 bits per heavy atom. The number of nitrogens with two attached hydrogens (primary N) is 1. The van der Waals surface area contributed by atoms with E-state index >= 15 is 0 Å². The van der Waals surface area contributed by atoms with Crippen LogP contribution in [0.1, 0.15) is 33.1 Å². The van der Waals surface area contributed by atoms with E-state index in [1.165, 1.54) is 0 Å². The predicted molar refractivity (Wildman–Crippen MR) is 62.0 cm³/mol. The summed E-state index contributed by atoms with van der Waals surface area (Å²) in [5.74, 6) is 1.25. The molecule has 1 saturated carbocycles. The fourth-order valence-electron chi connectivity index (χ4n) is 2.89. The zero-order valence-corrected chi connectivity index (χ0v) is 10.2. The molecule has 1 heterocycles. The number of hydrogen-bond acceptors (Lipinski definition) is 3. The van der Waals surface area contributed by atoms with Crippen molar-refractivity contribution in [2.24, 2.45) is 17.6 Å². The molecule has 4 heteroatoms. The van der Waals surface area contributed by atoms with Gasteiger partial charge < -0.3 is 15.4 Å². The Hall–Kier alpha value is -0.770. The quantitative estimate of drug-likeness (QED) is 0.738. The molecule has 2 N–H and O–H groups in total. The van der Waals surface area contributed by atoms with Gasteiger partial charge in [-0.05, 0) is 44.9 Å². The number of ether oxygens (including phenoxy) is 1. The summed E-state index contributed by atoms with van der Waals surface area (Å²) in [5.41, 5.74) is 5.96. The molecule has 2 aliphatic rings. The van der Waals surface area contributed by atoms with Crippen LogP contribution < -0.4 is 5.73 Å². The van der Waals surface area contributed by atoms with E-state index in [9.17, 15) is 4.79 Å². The van der Waals surface area contributed by atoms with Gasteiger partial charge in [-0.15, -0.1) is 0 Å². The minimum atomic E-state index is -0.155. The lowest BCUT2D eigenvalue weighted by Crippen LogP contribution is -2.32. The molecule has 16 heavy (non-hydrogen) atoms. The van der Waals surface area contributed by atoms with Crippen LogP contribution in [0.5, 0.6) is 0 Å². The normalized spacial score (nSPS) is 34.0. The summed E-state index contributed by atoms with van der Waals surface area (Å²) in [6, 6.07) is 0.335. The third kappa shape index (κ3) is 2.48. The first-order chi connectivity index (χ1) is 7.56. The molecule has 92 valence electrons. The Morgan fingerprint density at radius 2 is 2.00 bits per heavy atom. The first-order valence-electron chi connectivity index (χ1n) is 6.27. The van der Waals surface area contributed by atoms with Gasteiger partial charge in [0.2, 0.25) is 0 Å². The second kappa shape index (κ2) is 4.62. The molecule has 1 unspecified atom stereocenters. The molecule has 3 atom stereocenters. The lowest BCUT2D eigenvalue weighted by molar-refractivity contribution is 0.0820. The predicted octanol–water partition coefficient (Wildman–Crippen LogP) is 1.59. The fraction of sp³-hybridized carbons (Fsp3) is 0.917. The van der Waals surface area contributed by atoms with Crippen molar-refractivity contribution in [2.45, 2.75) is 45.3 Å². The van der Waals surface area contributed by atoms with Gasteiger partial charge in [-0.25, -0.2) is 4.79 Å². The summed E-state index contributed by atoms with van der Waals surface area (Å²) in [7, 11) is 0. The molecule has 1 aliphatic carbocycles. The van der Waals surface area contributed by atoms with Gasteiger partial charge in [-0.2, -0.15) is 0 Å². The topological polar surface area (TPSA) is 55.6 Å².